The first-order chi connectivity index (χ1) is 8.22. The van der Waals surface area contributed by atoms with Crippen LogP contribution in [-0.4, -0.2) is 6.04 Å². The minimum absolute atomic E-state index is 0.633. The molecule has 0 heterocycles. The van der Waals surface area contributed by atoms with Crippen molar-refractivity contribution in [1.29, 1.82) is 0 Å². The van der Waals surface area contributed by atoms with E-state index < -0.39 is 0 Å². The lowest BCUT2D eigenvalue weighted by Gasteiger charge is -2.13. The van der Waals surface area contributed by atoms with Gasteiger partial charge in [0.15, 0.2) is 0 Å². The molecule has 0 spiro atoms. The SMILES string of the molecule is CCCCCCC(C)NCc1ccc(C)cc1. The summed E-state index contributed by atoms with van der Waals surface area (Å²) in [6.07, 6.45) is 6.74. The zero-order valence-electron chi connectivity index (χ0n) is 11.6. The molecule has 1 N–H and O–H groups in total. The number of unbranched alkanes of at least 4 members (excludes halogenated alkanes) is 3. The van der Waals surface area contributed by atoms with Crippen molar-refractivity contribution in [3.8, 4) is 0 Å². The summed E-state index contributed by atoms with van der Waals surface area (Å²) in [6, 6.07) is 9.43. The summed E-state index contributed by atoms with van der Waals surface area (Å²) in [5.41, 5.74) is 2.72. The van der Waals surface area contributed by atoms with Crippen LogP contribution in [0.3, 0.4) is 0 Å². The molecule has 1 aromatic rings. The Hall–Kier alpha value is -0.820. The number of benzene rings is 1. The molecule has 0 saturated carbocycles. The molecule has 0 fully saturated rings. The standard InChI is InChI=1S/C16H27N/c1-4-5-6-7-8-15(3)17-13-16-11-9-14(2)10-12-16/h9-12,15,17H,4-8,13H2,1-3H3. The lowest BCUT2D eigenvalue weighted by Crippen LogP contribution is -2.25. The van der Waals surface area contributed by atoms with E-state index in [-0.39, 0.29) is 0 Å². The topological polar surface area (TPSA) is 12.0 Å². The third kappa shape index (κ3) is 6.48. The highest BCUT2D eigenvalue weighted by Gasteiger charge is 2.01. The molecule has 1 heteroatoms. The fourth-order valence-corrected chi connectivity index (χ4v) is 1.98. The summed E-state index contributed by atoms with van der Waals surface area (Å²) in [4.78, 5) is 0. The monoisotopic (exact) mass is 233 g/mol. The Bertz CT molecular complexity index is 289. The molecule has 0 radical (unpaired) electrons. The number of hydrogen-bond acceptors (Lipinski definition) is 1. The van der Waals surface area contributed by atoms with Gasteiger partial charge in [0.25, 0.3) is 0 Å². The Morgan fingerprint density at radius 3 is 2.41 bits per heavy atom. The zero-order chi connectivity index (χ0) is 12.5. The number of rotatable bonds is 8. The first-order valence-corrected chi connectivity index (χ1v) is 7.01. The first-order valence-electron chi connectivity index (χ1n) is 7.01. The maximum atomic E-state index is 3.60. The molecule has 1 rings (SSSR count). The van der Waals surface area contributed by atoms with Gasteiger partial charge in [-0.05, 0) is 25.8 Å². The third-order valence-electron chi connectivity index (χ3n) is 3.27. The van der Waals surface area contributed by atoms with Crippen LogP contribution in [0.1, 0.15) is 57.1 Å². The van der Waals surface area contributed by atoms with E-state index in [0.717, 1.165) is 6.54 Å². The van der Waals surface area contributed by atoms with E-state index in [1.807, 2.05) is 0 Å². The average Bonchev–Trinajstić information content (AvgIpc) is 2.34. The molecule has 96 valence electrons. The molecule has 1 atom stereocenters. The van der Waals surface area contributed by atoms with E-state index in [4.69, 9.17) is 0 Å². The lowest BCUT2D eigenvalue weighted by molar-refractivity contribution is 0.482. The fraction of sp³-hybridized carbons (Fsp3) is 0.625. The molecule has 0 aromatic heterocycles. The van der Waals surface area contributed by atoms with Crippen molar-refractivity contribution in [3.63, 3.8) is 0 Å². The van der Waals surface area contributed by atoms with Crippen molar-refractivity contribution in [2.45, 2.75) is 65.5 Å². The van der Waals surface area contributed by atoms with Crippen LogP contribution in [-0.2, 0) is 6.54 Å². The van der Waals surface area contributed by atoms with Gasteiger partial charge in [0.2, 0.25) is 0 Å². The van der Waals surface area contributed by atoms with Gasteiger partial charge in [-0.2, -0.15) is 0 Å². The van der Waals surface area contributed by atoms with Gasteiger partial charge in [-0.3, -0.25) is 0 Å². The van der Waals surface area contributed by atoms with Gasteiger partial charge in [-0.15, -0.1) is 0 Å². The number of hydrogen-bond donors (Lipinski definition) is 1. The third-order valence-corrected chi connectivity index (χ3v) is 3.27. The quantitative estimate of drug-likeness (QED) is 0.654. The number of aryl methyl sites for hydroxylation is 1. The molecular weight excluding hydrogens is 206 g/mol. The van der Waals surface area contributed by atoms with E-state index in [9.17, 15) is 0 Å². The molecular formula is C16H27N. The average molecular weight is 233 g/mol. The van der Waals surface area contributed by atoms with Crippen LogP contribution < -0.4 is 5.32 Å². The van der Waals surface area contributed by atoms with E-state index in [0.29, 0.717) is 6.04 Å². The normalized spacial score (nSPS) is 12.6. The van der Waals surface area contributed by atoms with Gasteiger partial charge in [-0.1, -0.05) is 62.4 Å². The smallest absolute Gasteiger partial charge is 0.0207 e. The zero-order valence-corrected chi connectivity index (χ0v) is 11.6. The van der Waals surface area contributed by atoms with E-state index >= 15 is 0 Å². The summed E-state index contributed by atoms with van der Waals surface area (Å²) in [5.74, 6) is 0. The highest BCUT2D eigenvalue weighted by molar-refractivity contribution is 5.21. The molecule has 1 unspecified atom stereocenters. The van der Waals surface area contributed by atoms with Crippen LogP contribution in [0.2, 0.25) is 0 Å². The van der Waals surface area contributed by atoms with Crippen LogP contribution in [0.5, 0.6) is 0 Å². The second kappa shape index (κ2) is 8.30. The molecule has 0 bridgehead atoms. The summed E-state index contributed by atoms with van der Waals surface area (Å²) in [5, 5.41) is 3.60. The Balaban J connectivity index is 2.14. The van der Waals surface area contributed by atoms with Crippen molar-refractivity contribution in [3.05, 3.63) is 35.4 Å². The maximum Gasteiger partial charge on any atom is 0.0207 e. The molecule has 0 aliphatic rings. The molecule has 1 nitrogen and oxygen atoms in total. The van der Waals surface area contributed by atoms with Gasteiger partial charge in [0.1, 0.15) is 0 Å². The van der Waals surface area contributed by atoms with Crippen LogP contribution in [0.4, 0.5) is 0 Å². The first kappa shape index (κ1) is 14.2. The van der Waals surface area contributed by atoms with Crippen molar-refractivity contribution >= 4 is 0 Å². The number of nitrogens with one attached hydrogen (secondary N) is 1. The van der Waals surface area contributed by atoms with Crippen LogP contribution in [0, 0.1) is 6.92 Å². The summed E-state index contributed by atoms with van der Waals surface area (Å²) in [6.45, 7) is 7.68. The van der Waals surface area contributed by atoms with Gasteiger partial charge < -0.3 is 5.32 Å². The molecule has 0 aliphatic heterocycles. The summed E-state index contributed by atoms with van der Waals surface area (Å²) < 4.78 is 0. The molecule has 0 amide bonds. The van der Waals surface area contributed by atoms with Crippen LogP contribution in [0.15, 0.2) is 24.3 Å². The second-order valence-electron chi connectivity index (χ2n) is 5.12. The second-order valence-corrected chi connectivity index (χ2v) is 5.12. The van der Waals surface area contributed by atoms with E-state index in [1.165, 1.54) is 43.2 Å². The predicted molar refractivity (Wildman–Crippen MR) is 76.2 cm³/mol. The highest BCUT2D eigenvalue weighted by atomic mass is 14.9. The maximum absolute atomic E-state index is 3.60. The largest absolute Gasteiger partial charge is 0.310 e. The fourth-order valence-electron chi connectivity index (χ4n) is 1.98. The Labute approximate surface area is 107 Å². The van der Waals surface area contributed by atoms with Gasteiger partial charge >= 0.3 is 0 Å². The highest BCUT2D eigenvalue weighted by Crippen LogP contribution is 2.07. The Morgan fingerprint density at radius 1 is 1.06 bits per heavy atom. The van der Waals surface area contributed by atoms with Crippen LogP contribution >= 0.6 is 0 Å². The van der Waals surface area contributed by atoms with Crippen molar-refractivity contribution in [2.24, 2.45) is 0 Å². The van der Waals surface area contributed by atoms with E-state index in [1.54, 1.807) is 0 Å². The minimum atomic E-state index is 0.633. The van der Waals surface area contributed by atoms with E-state index in [2.05, 4.69) is 50.4 Å². The van der Waals surface area contributed by atoms with Crippen molar-refractivity contribution in [1.82, 2.24) is 5.32 Å². The van der Waals surface area contributed by atoms with Gasteiger partial charge in [0.05, 0.1) is 0 Å². The van der Waals surface area contributed by atoms with Crippen LogP contribution in [0.25, 0.3) is 0 Å². The Kier molecular flexibility index (Phi) is 6.95. The summed E-state index contributed by atoms with van der Waals surface area (Å²) >= 11 is 0. The molecule has 0 aliphatic carbocycles. The van der Waals surface area contributed by atoms with Crippen molar-refractivity contribution in [2.75, 3.05) is 0 Å². The molecule has 0 saturated heterocycles. The van der Waals surface area contributed by atoms with Gasteiger partial charge in [0, 0.05) is 12.6 Å². The minimum Gasteiger partial charge on any atom is -0.310 e. The predicted octanol–water partition coefficient (Wildman–Crippen LogP) is 4.44. The van der Waals surface area contributed by atoms with Crippen molar-refractivity contribution < 1.29 is 0 Å². The molecule has 17 heavy (non-hydrogen) atoms. The Morgan fingerprint density at radius 2 is 1.76 bits per heavy atom. The summed E-state index contributed by atoms with van der Waals surface area (Å²) in [7, 11) is 0. The van der Waals surface area contributed by atoms with Gasteiger partial charge in [-0.25, -0.2) is 0 Å². The lowest BCUT2D eigenvalue weighted by atomic mass is 10.1. The molecule has 1 aromatic carbocycles.